The van der Waals surface area contributed by atoms with Crippen molar-refractivity contribution in [3.8, 4) is 0 Å². The number of carbonyl (C=O) groups excluding carboxylic acids is 1. The molecule has 7 heteroatoms. The normalized spacial score (nSPS) is 14.4. The Bertz CT molecular complexity index is 1040. The maximum absolute atomic E-state index is 12.9. The summed E-state index contributed by atoms with van der Waals surface area (Å²) in [6, 6.07) is 16.5. The fourth-order valence-corrected chi connectivity index (χ4v) is 3.71. The van der Waals surface area contributed by atoms with Crippen LogP contribution in [-0.4, -0.2) is 39.9 Å². The van der Waals surface area contributed by atoms with Crippen molar-refractivity contribution < 1.29 is 14.7 Å². The smallest absolute Gasteiger partial charge is 0.300 e. The molecule has 4 rings (SSSR count). The van der Waals surface area contributed by atoms with E-state index in [-0.39, 0.29) is 11.3 Å². The molecular weight excluding hydrogens is 380 g/mol. The fourth-order valence-electron chi connectivity index (χ4n) is 3.71. The van der Waals surface area contributed by atoms with Gasteiger partial charge in [0.1, 0.15) is 0 Å². The molecule has 1 fully saturated rings. The maximum Gasteiger partial charge on any atom is 0.300 e. The number of carbonyl (C=O) groups is 2. The number of fused-ring (bicyclic) bond motifs is 1. The number of nitrogens with zero attached hydrogens (tertiary/aromatic N) is 2. The molecule has 7 nitrogen and oxygen atoms in total. The standard InChI is InChI=1S/C21H24N4O.C2H4O2/c1-15-8-9-19-17(10-15)18(24-25(19)2)12-23-20(26)21(13-22-14-21)11-16-6-4-3-5-7-16;1-2(3)4/h3-10,22H,11-14H2,1-2H3,(H,23,26);1H3,(H,3,4). The Morgan fingerprint density at radius 2 is 1.87 bits per heavy atom. The van der Waals surface area contributed by atoms with Crippen molar-refractivity contribution in [1.82, 2.24) is 20.4 Å². The van der Waals surface area contributed by atoms with Crippen LogP contribution < -0.4 is 10.6 Å². The Balaban J connectivity index is 0.000000589. The molecule has 3 aromatic rings. The van der Waals surface area contributed by atoms with Gasteiger partial charge in [0.15, 0.2) is 0 Å². The van der Waals surface area contributed by atoms with Gasteiger partial charge in [-0.2, -0.15) is 5.10 Å². The highest BCUT2D eigenvalue weighted by atomic mass is 16.4. The van der Waals surface area contributed by atoms with Crippen LogP contribution in [0.5, 0.6) is 0 Å². The molecule has 0 radical (unpaired) electrons. The lowest BCUT2D eigenvalue weighted by Crippen LogP contribution is -2.62. The van der Waals surface area contributed by atoms with Crippen LogP contribution in [0.4, 0.5) is 0 Å². The first-order valence-electron chi connectivity index (χ1n) is 9.95. The first kappa shape index (κ1) is 21.5. The van der Waals surface area contributed by atoms with Crippen LogP contribution in [-0.2, 0) is 29.6 Å². The average molecular weight is 409 g/mol. The number of amides is 1. The number of hydrogen-bond donors (Lipinski definition) is 3. The average Bonchev–Trinajstić information content (AvgIpc) is 2.98. The molecule has 3 N–H and O–H groups in total. The number of rotatable bonds is 5. The summed E-state index contributed by atoms with van der Waals surface area (Å²) in [7, 11) is 1.94. The lowest BCUT2D eigenvalue weighted by molar-refractivity contribution is -0.135. The minimum Gasteiger partial charge on any atom is -0.481 e. The van der Waals surface area contributed by atoms with Crippen LogP contribution in [0.2, 0.25) is 0 Å². The second-order valence-electron chi connectivity index (χ2n) is 7.84. The third kappa shape index (κ3) is 4.86. The number of carboxylic acids is 1. The second-order valence-corrected chi connectivity index (χ2v) is 7.84. The monoisotopic (exact) mass is 408 g/mol. The SMILES string of the molecule is CC(=O)O.Cc1ccc2c(c1)c(CNC(=O)C1(Cc3ccccc3)CNC1)nn2C. The largest absolute Gasteiger partial charge is 0.481 e. The quantitative estimate of drug-likeness (QED) is 0.603. The van der Waals surface area contributed by atoms with E-state index in [1.165, 1.54) is 11.1 Å². The summed E-state index contributed by atoms with van der Waals surface area (Å²) in [5.41, 5.74) is 4.04. The molecule has 0 bridgehead atoms. The Morgan fingerprint density at radius 3 is 2.47 bits per heavy atom. The summed E-state index contributed by atoms with van der Waals surface area (Å²) < 4.78 is 1.88. The van der Waals surface area contributed by atoms with E-state index in [1.807, 2.05) is 29.9 Å². The van der Waals surface area contributed by atoms with Gasteiger partial charge in [-0.15, -0.1) is 0 Å². The zero-order chi connectivity index (χ0) is 21.7. The number of carboxylic acid groups (broad SMARTS) is 1. The van der Waals surface area contributed by atoms with Crippen LogP contribution in [0.15, 0.2) is 48.5 Å². The summed E-state index contributed by atoms with van der Waals surface area (Å²) in [6.07, 6.45) is 0.759. The topological polar surface area (TPSA) is 96.2 Å². The first-order valence-corrected chi connectivity index (χ1v) is 9.95. The molecule has 0 aliphatic carbocycles. The fraction of sp³-hybridized carbons (Fsp3) is 0.348. The molecule has 1 saturated heterocycles. The van der Waals surface area contributed by atoms with Crippen LogP contribution >= 0.6 is 0 Å². The Kier molecular flexibility index (Phi) is 6.52. The van der Waals surface area contributed by atoms with Crippen molar-refractivity contribution in [2.75, 3.05) is 13.1 Å². The second kappa shape index (κ2) is 9.09. The number of aryl methyl sites for hydroxylation is 2. The van der Waals surface area contributed by atoms with E-state index in [2.05, 4.69) is 53.0 Å². The van der Waals surface area contributed by atoms with Crippen LogP contribution in [0, 0.1) is 12.3 Å². The van der Waals surface area contributed by atoms with E-state index in [0.29, 0.717) is 6.54 Å². The summed E-state index contributed by atoms with van der Waals surface area (Å²) in [6.45, 7) is 5.05. The van der Waals surface area contributed by atoms with Gasteiger partial charge in [0.05, 0.1) is 23.2 Å². The van der Waals surface area contributed by atoms with Gasteiger partial charge in [0.25, 0.3) is 5.97 Å². The van der Waals surface area contributed by atoms with E-state index in [9.17, 15) is 4.79 Å². The molecule has 0 atom stereocenters. The highest BCUT2D eigenvalue weighted by Gasteiger charge is 2.44. The molecule has 0 unspecified atom stereocenters. The summed E-state index contributed by atoms with van der Waals surface area (Å²) in [5.74, 6) is -0.730. The lowest BCUT2D eigenvalue weighted by Gasteiger charge is -2.41. The minimum atomic E-state index is -0.833. The molecule has 2 aromatic carbocycles. The predicted octanol–water partition coefficient (Wildman–Crippen LogP) is 2.42. The molecule has 1 amide bonds. The van der Waals surface area contributed by atoms with E-state index >= 15 is 0 Å². The third-order valence-electron chi connectivity index (χ3n) is 5.29. The van der Waals surface area contributed by atoms with Crippen molar-refractivity contribution in [2.24, 2.45) is 12.5 Å². The number of hydrogen-bond acceptors (Lipinski definition) is 4. The number of nitrogens with one attached hydrogen (secondary N) is 2. The molecular formula is C23H28N4O3. The van der Waals surface area contributed by atoms with Crippen LogP contribution in [0.3, 0.4) is 0 Å². The number of aliphatic carboxylic acids is 1. The van der Waals surface area contributed by atoms with Gasteiger partial charge in [-0.3, -0.25) is 14.3 Å². The third-order valence-corrected chi connectivity index (χ3v) is 5.29. The van der Waals surface area contributed by atoms with Crippen LogP contribution in [0.1, 0.15) is 23.7 Å². The predicted molar refractivity (Wildman–Crippen MR) is 116 cm³/mol. The van der Waals surface area contributed by atoms with E-state index in [4.69, 9.17) is 9.90 Å². The molecule has 1 aromatic heterocycles. The van der Waals surface area contributed by atoms with Crippen molar-refractivity contribution in [2.45, 2.75) is 26.8 Å². The van der Waals surface area contributed by atoms with Gasteiger partial charge >= 0.3 is 0 Å². The Hall–Kier alpha value is -3.19. The first-order chi connectivity index (χ1) is 14.3. The van der Waals surface area contributed by atoms with Gasteiger partial charge < -0.3 is 15.7 Å². The maximum atomic E-state index is 12.9. The van der Waals surface area contributed by atoms with E-state index in [1.54, 1.807) is 0 Å². The van der Waals surface area contributed by atoms with Crippen LogP contribution in [0.25, 0.3) is 10.9 Å². The van der Waals surface area contributed by atoms with Crippen molar-refractivity contribution >= 4 is 22.8 Å². The van der Waals surface area contributed by atoms with Gasteiger partial charge in [-0.05, 0) is 31.0 Å². The summed E-state index contributed by atoms with van der Waals surface area (Å²) in [5, 5.41) is 19.5. The Labute approximate surface area is 176 Å². The lowest BCUT2D eigenvalue weighted by atomic mass is 9.75. The molecule has 158 valence electrons. The number of aromatic nitrogens is 2. The molecule has 0 spiro atoms. The molecule has 30 heavy (non-hydrogen) atoms. The van der Waals surface area contributed by atoms with E-state index in [0.717, 1.165) is 43.0 Å². The zero-order valence-electron chi connectivity index (χ0n) is 17.6. The summed E-state index contributed by atoms with van der Waals surface area (Å²) in [4.78, 5) is 21.9. The molecule has 1 aliphatic heterocycles. The highest BCUT2D eigenvalue weighted by molar-refractivity contribution is 5.86. The van der Waals surface area contributed by atoms with Gasteiger partial charge in [0.2, 0.25) is 5.91 Å². The van der Waals surface area contributed by atoms with Crippen molar-refractivity contribution in [3.05, 3.63) is 65.4 Å². The molecule has 2 heterocycles. The molecule has 0 saturated carbocycles. The van der Waals surface area contributed by atoms with E-state index < -0.39 is 5.97 Å². The number of benzene rings is 2. The van der Waals surface area contributed by atoms with Gasteiger partial charge in [-0.25, -0.2) is 0 Å². The Morgan fingerprint density at radius 1 is 1.20 bits per heavy atom. The summed E-state index contributed by atoms with van der Waals surface area (Å²) >= 11 is 0. The van der Waals surface area contributed by atoms with Gasteiger partial charge in [-0.1, -0.05) is 42.0 Å². The van der Waals surface area contributed by atoms with Gasteiger partial charge in [0, 0.05) is 32.4 Å². The molecule has 1 aliphatic rings. The zero-order valence-corrected chi connectivity index (χ0v) is 17.6. The highest BCUT2D eigenvalue weighted by Crippen LogP contribution is 2.28. The van der Waals surface area contributed by atoms with Crippen molar-refractivity contribution in [3.63, 3.8) is 0 Å². The minimum absolute atomic E-state index is 0.103. The van der Waals surface area contributed by atoms with Crippen molar-refractivity contribution in [1.29, 1.82) is 0 Å².